The average Bonchev–Trinajstić information content (AvgIpc) is 3.33. The third-order valence-corrected chi connectivity index (χ3v) is 8.32. The van der Waals surface area contributed by atoms with Gasteiger partial charge in [-0.1, -0.05) is 0 Å². The summed E-state index contributed by atoms with van der Waals surface area (Å²) in [5.41, 5.74) is 1.16. The van der Waals surface area contributed by atoms with E-state index in [0.29, 0.717) is 30.3 Å². The molecule has 1 aromatic carbocycles. The van der Waals surface area contributed by atoms with Crippen LogP contribution in [0.3, 0.4) is 0 Å². The molecule has 0 bridgehead atoms. The van der Waals surface area contributed by atoms with E-state index in [1.165, 1.54) is 22.6 Å². The maximum absolute atomic E-state index is 12.9. The van der Waals surface area contributed by atoms with Gasteiger partial charge in [0, 0.05) is 28.5 Å². The fourth-order valence-corrected chi connectivity index (χ4v) is 6.50. The first kappa shape index (κ1) is 22.4. The normalized spacial score (nSPS) is 12.9. The quantitative estimate of drug-likeness (QED) is 0.331. The molecule has 3 aromatic rings. The van der Waals surface area contributed by atoms with Gasteiger partial charge in [-0.05, 0) is 61.3 Å². The Balaban J connectivity index is 1.13. The molecule has 0 aliphatic heterocycles. The number of halogens is 1. The Labute approximate surface area is 192 Å². The van der Waals surface area contributed by atoms with Gasteiger partial charge in [-0.2, -0.15) is 11.8 Å². The number of aromatic amines is 1. The number of carbonyl (C=O) groups excluding carboxylic acids is 1. The largest absolute Gasteiger partial charge is 0.356 e. The highest BCUT2D eigenvalue weighted by Crippen LogP contribution is 2.34. The van der Waals surface area contributed by atoms with Crippen LogP contribution in [0, 0.1) is 5.82 Å². The van der Waals surface area contributed by atoms with Crippen LogP contribution in [0.4, 0.5) is 4.39 Å². The summed E-state index contributed by atoms with van der Waals surface area (Å²) in [6.45, 7) is 0.631. The van der Waals surface area contributed by atoms with Crippen LogP contribution < -0.4 is 10.9 Å². The van der Waals surface area contributed by atoms with Crippen molar-refractivity contribution in [2.75, 3.05) is 18.1 Å². The number of rotatable bonds is 10. The smallest absolute Gasteiger partial charge is 0.259 e. The van der Waals surface area contributed by atoms with Crippen LogP contribution in [0.25, 0.3) is 10.2 Å². The molecule has 1 aliphatic carbocycles. The molecule has 0 spiro atoms. The molecule has 5 nitrogen and oxygen atoms in total. The summed E-state index contributed by atoms with van der Waals surface area (Å²) in [7, 11) is 0. The van der Waals surface area contributed by atoms with Crippen molar-refractivity contribution in [3.05, 3.63) is 56.7 Å². The zero-order valence-electron chi connectivity index (χ0n) is 17.0. The molecular formula is C22H24FN3O2S3. The van der Waals surface area contributed by atoms with E-state index < -0.39 is 0 Å². The average molecular weight is 478 g/mol. The van der Waals surface area contributed by atoms with E-state index in [2.05, 4.69) is 15.3 Å². The van der Waals surface area contributed by atoms with E-state index in [1.807, 2.05) is 0 Å². The number of nitrogens with one attached hydrogen (secondary N) is 2. The summed E-state index contributed by atoms with van der Waals surface area (Å²) < 4.78 is 12.9. The number of nitrogens with zero attached hydrogens (tertiary/aromatic N) is 1. The predicted molar refractivity (Wildman–Crippen MR) is 128 cm³/mol. The SMILES string of the molecule is O=C(CCSCc1nc2sc3c(c2c(=O)[nH]1)CCC3)NCCCSc1ccc(F)cc1. The molecule has 0 unspecified atom stereocenters. The van der Waals surface area contributed by atoms with Crippen molar-refractivity contribution in [1.29, 1.82) is 0 Å². The zero-order chi connectivity index (χ0) is 21.6. The van der Waals surface area contributed by atoms with Gasteiger partial charge in [0.2, 0.25) is 5.91 Å². The summed E-state index contributed by atoms with van der Waals surface area (Å²) in [4.78, 5) is 35.2. The molecule has 0 atom stereocenters. The number of thiophene rings is 1. The van der Waals surface area contributed by atoms with Crippen molar-refractivity contribution in [3.63, 3.8) is 0 Å². The van der Waals surface area contributed by atoms with Crippen LogP contribution in [0.15, 0.2) is 34.0 Å². The van der Waals surface area contributed by atoms with Gasteiger partial charge in [0.15, 0.2) is 0 Å². The Morgan fingerprint density at radius 1 is 1.23 bits per heavy atom. The van der Waals surface area contributed by atoms with E-state index in [9.17, 15) is 14.0 Å². The maximum Gasteiger partial charge on any atom is 0.259 e. The molecule has 0 radical (unpaired) electrons. The van der Waals surface area contributed by atoms with Crippen LogP contribution in [-0.4, -0.2) is 33.9 Å². The van der Waals surface area contributed by atoms with Gasteiger partial charge >= 0.3 is 0 Å². The zero-order valence-corrected chi connectivity index (χ0v) is 19.5. The van der Waals surface area contributed by atoms with E-state index >= 15 is 0 Å². The number of carbonyl (C=O) groups is 1. The number of fused-ring (bicyclic) bond motifs is 3. The third kappa shape index (κ3) is 5.90. The highest BCUT2D eigenvalue weighted by atomic mass is 32.2. The number of hydrogen-bond donors (Lipinski definition) is 2. The topological polar surface area (TPSA) is 74.8 Å². The number of aryl methyl sites for hydroxylation is 2. The second-order valence-electron chi connectivity index (χ2n) is 7.36. The molecule has 1 amide bonds. The summed E-state index contributed by atoms with van der Waals surface area (Å²) >= 11 is 4.90. The van der Waals surface area contributed by atoms with Gasteiger partial charge in [-0.25, -0.2) is 9.37 Å². The molecule has 4 rings (SSSR count). The van der Waals surface area contributed by atoms with Gasteiger partial charge in [0.1, 0.15) is 16.5 Å². The minimum atomic E-state index is -0.230. The van der Waals surface area contributed by atoms with Crippen LogP contribution in [0.1, 0.15) is 35.5 Å². The minimum absolute atomic E-state index is 0.0312. The predicted octanol–water partition coefficient (Wildman–Crippen LogP) is 4.53. The Morgan fingerprint density at radius 3 is 2.90 bits per heavy atom. The fraction of sp³-hybridized carbons (Fsp3) is 0.409. The van der Waals surface area contributed by atoms with E-state index in [1.54, 1.807) is 47.0 Å². The second kappa shape index (κ2) is 10.7. The van der Waals surface area contributed by atoms with Gasteiger partial charge in [0.25, 0.3) is 5.56 Å². The summed E-state index contributed by atoms with van der Waals surface area (Å²) in [6.07, 6.45) is 4.46. The van der Waals surface area contributed by atoms with E-state index in [4.69, 9.17) is 0 Å². The third-order valence-electron chi connectivity index (χ3n) is 5.06. The first-order valence-electron chi connectivity index (χ1n) is 10.4. The Kier molecular flexibility index (Phi) is 7.68. The van der Waals surface area contributed by atoms with Gasteiger partial charge < -0.3 is 10.3 Å². The molecule has 2 N–H and O–H groups in total. The Hall–Kier alpha value is -1.84. The van der Waals surface area contributed by atoms with Crippen LogP contribution in [0.5, 0.6) is 0 Å². The number of aromatic nitrogens is 2. The number of amides is 1. The first-order valence-corrected chi connectivity index (χ1v) is 13.3. The molecule has 0 saturated heterocycles. The van der Waals surface area contributed by atoms with Crippen molar-refractivity contribution < 1.29 is 9.18 Å². The van der Waals surface area contributed by atoms with Crippen molar-refractivity contribution in [1.82, 2.24) is 15.3 Å². The minimum Gasteiger partial charge on any atom is -0.356 e. The lowest BCUT2D eigenvalue weighted by Crippen LogP contribution is -2.25. The Morgan fingerprint density at radius 2 is 2.06 bits per heavy atom. The summed E-state index contributed by atoms with van der Waals surface area (Å²) in [6, 6.07) is 6.44. The number of hydrogen-bond acceptors (Lipinski definition) is 6. The molecule has 0 fully saturated rings. The highest BCUT2D eigenvalue weighted by molar-refractivity contribution is 7.99. The lowest BCUT2D eigenvalue weighted by Gasteiger charge is -2.06. The molecular weight excluding hydrogens is 453 g/mol. The van der Waals surface area contributed by atoms with E-state index in [-0.39, 0.29) is 17.3 Å². The summed E-state index contributed by atoms with van der Waals surface area (Å²) in [5, 5.41) is 3.72. The van der Waals surface area contributed by atoms with Crippen molar-refractivity contribution in [3.8, 4) is 0 Å². The first-order chi connectivity index (χ1) is 15.1. The lowest BCUT2D eigenvalue weighted by molar-refractivity contribution is -0.120. The Bertz CT molecular complexity index is 1110. The molecule has 0 saturated carbocycles. The van der Waals surface area contributed by atoms with Crippen LogP contribution in [0.2, 0.25) is 0 Å². The van der Waals surface area contributed by atoms with Gasteiger partial charge in [-0.3, -0.25) is 9.59 Å². The molecule has 9 heteroatoms. The van der Waals surface area contributed by atoms with Crippen LogP contribution in [-0.2, 0) is 23.4 Å². The number of benzene rings is 1. The molecule has 1 aliphatic rings. The standard InChI is InChI=1S/C22H24FN3O2S3/c23-14-5-7-15(8-6-14)30-11-2-10-24-19(27)9-12-29-13-18-25-21(28)20-16-3-1-4-17(16)31-22(20)26-18/h5-8H,1-4,9-13H2,(H,24,27)(H,25,26,28). The molecule has 2 heterocycles. The fourth-order valence-electron chi connectivity index (χ4n) is 3.56. The van der Waals surface area contributed by atoms with Crippen LogP contribution >= 0.6 is 34.9 Å². The molecule has 31 heavy (non-hydrogen) atoms. The maximum atomic E-state index is 12.9. The number of thioether (sulfide) groups is 2. The van der Waals surface area contributed by atoms with Crippen molar-refractivity contribution in [2.45, 2.75) is 42.8 Å². The lowest BCUT2D eigenvalue weighted by atomic mass is 10.2. The number of H-pyrrole nitrogens is 1. The summed E-state index contributed by atoms with van der Waals surface area (Å²) in [5.74, 6) is 2.63. The van der Waals surface area contributed by atoms with E-state index in [0.717, 1.165) is 46.5 Å². The van der Waals surface area contributed by atoms with Gasteiger partial charge in [-0.15, -0.1) is 23.1 Å². The molecule has 164 valence electrons. The van der Waals surface area contributed by atoms with Crippen molar-refractivity contribution in [2.24, 2.45) is 0 Å². The molecule has 2 aromatic heterocycles. The second-order valence-corrected chi connectivity index (χ2v) is 10.7. The van der Waals surface area contributed by atoms with Crippen molar-refractivity contribution >= 4 is 51.0 Å². The monoisotopic (exact) mass is 477 g/mol. The highest BCUT2D eigenvalue weighted by Gasteiger charge is 2.21. The van der Waals surface area contributed by atoms with Gasteiger partial charge in [0.05, 0.1) is 11.1 Å².